The summed E-state index contributed by atoms with van der Waals surface area (Å²) in [5.74, 6) is 1.21. The number of nitrogens with two attached hydrogens (primary N) is 1. The van der Waals surface area contributed by atoms with Crippen LogP contribution in [0.5, 0.6) is 11.6 Å². The molecule has 0 amide bonds. The Hall–Kier alpha value is -3.19. The van der Waals surface area contributed by atoms with Crippen molar-refractivity contribution in [2.45, 2.75) is 27.3 Å². The fraction of sp³-hybridized carbons (Fsp3) is 0.190. The summed E-state index contributed by atoms with van der Waals surface area (Å²) in [4.78, 5) is 0. The monoisotopic (exact) mass is 331 g/mol. The highest BCUT2D eigenvalue weighted by Crippen LogP contribution is 2.32. The predicted molar refractivity (Wildman–Crippen MR) is 99.8 cm³/mol. The zero-order valence-electron chi connectivity index (χ0n) is 14.7. The molecule has 1 heterocycles. The fourth-order valence-electron chi connectivity index (χ4n) is 2.80. The molecule has 126 valence electrons. The minimum atomic E-state index is 0.461. The third-order valence-corrected chi connectivity index (χ3v) is 4.31. The molecule has 4 nitrogen and oxygen atoms in total. The number of ether oxygens (including phenoxy) is 1. The zero-order valence-corrected chi connectivity index (χ0v) is 14.7. The van der Waals surface area contributed by atoms with Crippen LogP contribution < -0.4 is 10.5 Å². The minimum absolute atomic E-state index is 0.461. The SMILES string of the molecule is Cc1cccc(Cn2c(C#N)cc(N)c2Oc2ccc(C)c(C)c2)c1. The molecule has 0 radical (unpaired) electrons. The van der Waals surface area contributed by atoms with Crippen LogP contribution in [0.15, 0.2) is 48.5 Å². The van der Waals surface area contributed by atoms with E-state index in [0.717, 1.165) is 11.1 Å². The van der Waals surface area contributed by atoms with Gasteiger partial charge in [-0.1, -0.05) is 35.9 Å². The molecule has 0 bridgehead atoms. The standard InChI is InChI=1S/C21H21N3O/c1-14-5-4-6-17(9-14)13-24-18(12-22)11-20(23)21(24)25-19-8-7-15(2)16(3)10-19/h4-11H,13,23H2,1-3H3. The molecule has 3 rings (SSSR count). The molecule has 0 aliphatic carbocycles. The number of benzene rings is 2. The van der Waals surface area contributed by atoms with Gasteiger partial charge >= 0.3 is 0 Å². The zero-order chi connectivity index (χ0) is 18.0. The summed E-state index contributed by atoms with van der Waals surface area (Å²) in [5, 5.41) is 9.45. The fourth-order valence-corrected chi connectivity index (χ4v) is 2.80. The summed E-state index contributed by atoms with van der Waals surface area (Å²) in [7, 11) is 0. The van der Waals surface area contributed by atoms with E-state index in [4.69, 9.17) is 10.5 Å². The van der Waals surface area contributed by atoms with Gasteiger partial charge in [0.1, 0.15) is 17.5 Å². The van der Waals surface area contributed by atoms with Crippen molar-refractivity contribution in [3.05, 3.63) is 76.5 Å². The Kier molecular flexibility index (Phi) is 4.49. The van der Waals surface area contributed by atoms with E-state index in [-0.39, 0.29) is 0 Å². The molecule has 0 aliphatic rings. The average Bonchev–Trinajstić information content (AvgIpc) is 2.87. The van der Waals surface area contributed by atoms with Gasteiger partial charge in [0.2, 0.25) is 5.88 Å². The molecule has 25 heavy (non-hydrogen) atoms. The van der Waals surface area contributed by atoms with Crippen LogP contribution >= 0.6 is 0 Å². The predicted octanol–water partition coefficient (Wildman–Crippen LogP) is 4.71. The third-order valence-electron chi connectivity index (χ3n) is 4.31. The second kappa shape index (κ2) is 6.74. The van der Waals surface area contributed by atoms with Crippen LogP contribution in [0.25, 0.3) is 0 Å². The molecule has 0 saturated heterocycles. The number of anilines is 1. The van der Waals surface area contributed by atoms with Gasteiger partial charge in [0.05, 0.1) is 12.2 Å². The first-order valence-electron chi connectivity index (χ1n) is 8.17. The first-order valence-corrected chi connectivity index (χ1v) is 8.17. The average molecular weight is 331 g/mol. The summed E-state index contributed by atoms with van der Waals surface area (Å²) in [6, 6.07) is 17.9. The summed E-state index contributed by atoms with van der Waals surface area (Å²) in [6.07, 6.45) is 0. The largest absolute Gasteiger partial charge is 0.439 e. The Bertz CT molecular complexity index is 964. The summed E-state index contributed by atoms with van der Waals surface area (Å²) in [5.41, 5.74) is 11.7. The van der Waals surface area contributed by atoms with E-state index in [1.165, 1.54) is 11.1 Å². The molecule has 1 aromatic heterocycles. The lowest BCUT2D eigenvalue weighted by molar-refractivity contribution is 0.437. The van der Waals surface area contributed by atoms with Crippen LogP contribution in [0.4, 0.5) is 5.69 Å². The summed E-state index contributed by atoms with van der Waals surface area (Å²) < 4.78 is 7.87. The Labute approximate surface area is 148 Å². The van der Waals surface area contributed by atoms with Gasteiger partial charge < -0.3 is 10.5 Å². The number of nitriles is 1. The number of hydrogen-bond donors (Lipinski definition) is 1. The molecule has 0 spiro atoms. The van der Waals surface area contributed by atoms with Gasteiger partial charge in [0.25, 0.3) is 0 Å². The van der Waals surface area contributed by atoms with E-state index in [1.807, 2.05) is 54.8 Å². The van der Waals surface area contributed by atoms with Crippen LogP contribution in [0.3, 0.4) is 0 Å². The number of rotatable bonds is 4. The van der Waals surface area contributed by atoms with Gasteiger partial charge in [0.15, 0.2) is 0 Å². The number of hydrogen-bond acceptors (Lipinski definition) is 3. The van der Waals surface area contributed by atoms with Crippen LogP contribution in [-0.4, -0.2) is 4.57 Å². The van der Waals surface area contributed by atoms with Crippen LogP contribution in [0.2, 0.25) is 0 Å². The maximum Gasteiger partial charge on any atom is 0.224 e. The normalized spacial score (nSPS) is 10.5. The number of aromatic nitrogens is 1. The van der Waals surface area contributed by atoms with Crippen molar-refractivity contribution in [2.75, 3.05) is 5.73 Å². The van der Waals surface area contributed by atoms with Gasteiger partial charge in [0, 0.05) is 6.07 Å². The lowest BCUT2D eigenvalue weighted by Gasteiger charge is -2.13. The number of nitrogen functional groups attached to an aromatic ring is 1. The molecule has 2 aromatic carbocycles. The van der Waals surface area contributed by atoms with E-state index in [2.05, 4.69) is 19.1 Å². The van der Waals surface area contributed by atoms with Gasteiger partial charge in [-0.25, -0.2) is 0 Å². The molecule has 0 fully saturated rings. The third kappa shape index (κ3) is 3.51. The van der Waals surface area contributed by atoms with E-state index in [0.29, 0.717) is 29.6 Å². The smallest absolute Gasteiger partial charge is 0.224 e. The molecular formula is C21H21N3O. The van der Waals surface area contributed by atoms with E-state index >= 15 is 0 Å². The Morgan fingerprint density at radius 2 is 1.84 bits per heavy atom. The van der Waals surface area contributed by atoms with Crippen molar-refractivity contribution >= 4 is 5.69 Å². The highest BCUT2D eigenvalue weighted by atomic mass is 16.5. The maximum absolute atomic E-state index is 9.45. The molecule has 0 atom stereocenters. The first-order chi connectivity index (χ1) is 12.0. The molecule has 3 aromatic rings. The van der Waals surface area contributed by atoms with Crippen LogP contribution in [0, 0.1) is 32.1 Å². The number of aryl methyl sites for hydroxylation is 3. The van der Waals surface area contributed by atoms with Gasteiger partial charge in [-0.05, 0) is 49.6 Å². The molecule has 0 unspecified atom stereocenters. The van der Waals surface area contributed by atoms with Crippen LogP contribution in [-0.2, 0) is 6.54 Å². The highest BCUT2D eigenvalue weighted by molar-refractivity contribution is 5.57. The lowest BCUT2D eigenvalue weighted by atomic mass is 10.1. The Balaban J connectivity index is 2.00. The number of nitrogens with zero attached hydrogens (tertiary/aromatic N) is 2. The lowest BCUT2D eigenvalue weighted by Crippen LogP contribution is -2.05. The van der Waals surface area contributed by atoms with Crippen LogP contribution in [0.1, 0.15) is 27.9 Å². The Morgan fingerprint density at radius 3 is 2.52 bits per heavy atom. The van der Waals surface area contributed by atoms with Crippen molar-refractivity contribution in [3.8, 4) is 17.7 Å². The van der Waals surface area contributed by atoms with Gasteiger partial charge in [-0.2, -0.15) is 5.26 Å². The first kappa shape index (κ1) is 16.7. The highest BCUT2D eigenvalue weighted by Gasteiger charge is 2.16. The molecule has 2 N–H and O–H groups in total. The quantitative estimate of drug-likeness (QED) is 0.753. The second-order valence-corrected chi connectivity index (χ2v) is 6.33. The summed E-state index contributed by atoms with van der Waals surface area (Å²) in [6.45, 7) is 6.67. The van der Waals surface area contributed by atoms with Crippen molar-refractivity contribution in [2.24, 2.45) is 0 Å². The summed E-state index contributed by atoms with van der Waals surface area (Å²) >= 11 is 0. The van der Waals surface area contributed by atoms with Crippen molar-refractivity contribution < 1.29 is 4.74 Å². The van der Waals surface area contributed by atoms with Crippen molar-refractivity contribution in [3.63, 3.8) is 0 Å². The Morgan fingerprint density at radius 1 is 1.04 bits per heavy atom. The second-order valence-electron chi connectivity index (χ2n) is 6.33. The van der Waals surface area contributed by atoms with E-state index < -0.39 is 0 Å². The molecule has 0 aliphatic heterocycles. The van der Waals surface area contributed by atoms with Crippen molar-refractivity contribution in [1.29, 1.82) is 5.26 Å². The van der Waals surface area contributed by atoms with E-state index in [9.17, 15) is 5.26 Å². The van der Waals surface area contributed by atoms with Gasteiger partial charge in [-0.3, -0.25) is 4.57 Å². The topological polar surface area (TPSA) is 64.0 Å². The molecule has 0 saturated carbocycles. The maximum atomic E-state index is 9.45. The molecular weight excluding hydrogens is 310 g/mol. The van der Waals surface area contributed by atoms with Gasteiger partial charge in [-0.15, -0.1) is 0 Å². The van der Waals surface area contributed by atoms with Crippen molar-refractivity contribution in [1.82, 2.24) is 4.57 Å². The van der Waals surface area contributed by atoms with E-state index in [1.54, 1.807) is 6.07 Å². The minimum Gasteiger partial charge on any atom is -0.439 e. The molecule has 4 heteroatoms.